The van der Waals surface area contributed by atoms with E-state index in [0.29, 0.717) is 12.1 Å². The van der Waals surface area contributed by atoms with E-state index in [1.807, 2.05) is 13.0 Å². The maximum absolute atomic E-state index is 11.9. The number of rotatable bonds is 2. The van der Waals surface area contributed by atoms with Gasteiger partial charge in [-0.25, -0.2) is 10.2 Å². The molecule has 4 nitrogen and oxygen atoms in total. The second kappa shape index (κ2) is 5.63. The minimum atomic E-state index is -4.42. The lowest BCUT2D eigenvalue weighted by Gasteiger charge is -2.29. The first kappa shape index (κ1) is 15.5. The number of nitrogens with zero attached hydrogens (tertiary/aromatic N) is 1. The first-order chi connectivity index (χ1) is 8.57. The van der Waals surface area contributed by atoms with Crippen LogP contribution in [-0.2, 0) is 0 Å². The van der Waals surface area contributed by atoms with Gasteiger partial charge < -0.3 is 5.32 Å². The van der Waals surface area contributed by atoms with Crippen LogP contribution in [-0.4, -0.2) is 24.5 Å². The van der Waals surface area contributed by atoms with E-state index >= 15 is 0 Å². The zero-order valence-corrected chi connectivity index (χ0v) is 11.2. The Morgan fingerprint density at radius 1 is 1.42 bits per heavy atom. The molecule has 0 aromatic carbocycles. The van der Waals surface area contributed by atoms with E-state index in [9.17, 15) is 18.0 Å². The maximum atomic E-state index is 11.9. The summed E-state index contributed by atoms with van der Waals surface area (Å²) in [7, 11) is 0. The molecule has 0 fully saturated rings. The molecule has 0 bridgehead atoms. The van der Waals surface area contributed by atoms with Gasteiger partial charge in [-0.1, -0.05) is 19.4 Å². The van der Waals surface area contributed by atoms with Gasteiger partial charge in [0, 0.05) is 0 Å². The average Bonchev–Trinajstić information content (AvgIpc) is 2.19. The Kier molecular flexibility index (Phi) is 4.60. The molecule has 1 aliphatic rings. The summed E-state index contributed by atoms with van der Waals surface area (Å²) in [6.07, 6.45) is -0.973. The quantitative estimate of drug-likeness (QED) is 0.749. The Labute approximate surface area is 110 Å². The normalized spacial score (nSPS) is 20.9. The van der Waals surface area contributed by atoms with E-state index in [4.69, 9.17) is 0 Å². The third-order valence-electron chi connectivity index (χ3n) is 2.58. The number of carbonyl (C=O) groups excluding carboxylic acids is 1. The molecule has 108 valence electrons. The van der Waals surface area contributed by atoms with Gasteiger partial charge in [-0.05, 0) is 31.3 Å². The minimum Gasteiger partial charge on any atom is -0.328 e. The standard InChI is InChI=1S/C12H18F3N3O/c1-8-4-9(6-11(2,3)5-8)17-18-10(19)16-7-12(13,14)15/h4H,5-7H2,1-3H3,(H2,16,18,19)/b17-9+. The highest BCUT2D eigenvalue weighted by Gasteiger charge is 2.28. The third-order valence-corrected chi connectivity index (χ3v) is 2.58. The van der Waals surface area contributed by atoms with Crippen LogP contribution < -0.4 is 10.7 Å². The van der Waals surface area contributed by atoms with Crippen LogP contribution in [0.5, 0.6) is 0 Å². The number of alkyl halides is 3. The molecule has 2 amide bonds. The van der Waals surface area contributed by atoms with Crippen molar-refractivity contribution >= 4 is 11.7 Å². The zero-order chi connectivity index (χ0) is 14.7. The molecular formula is C12H18F3N3O. The number of amides is 2. The molecule has 7 heteroatoms. The van der Waals surface area contributed by atoms with Crippen LogP contribution in [0.4, 0.5) is 18.0 Å². The lowest BCUT2D eigenvalue weighted by atomic mass is 9.77. The van der Waals surface area contributed by atoms with Crippen molar-refractivity contribution < 1.29 is 18.0 Å². The summed E-state index contributed by atoms with van der Waals surface area (Å²) in [4.78, 5) is 11.1. The highest BCUT2D eigenvalue weighted by atomic mass is 19.4. The van der Waals surface area contributed by atoms with E-state index in [1.54, 1.807) is 5.32 Å². The van der Waals surface area contributed by atoms with E-state index in [1.165, 1.54) is 0 Å². The number of hydrogen-bond donors (Lipinski definition) is 2. The van der Waals surface area contributed by atoms with Crippen LogP contribution in [0.2, 0.25) is 0 Å². The van der Waals surface area contributed by atoms with Gasteiger partial charge in [-0.3, -0.25) is 0 Å². The fourth-order valence-corrected chi connectivity index (χ4v) is 2.11. The van der Waals surface area contributed by atoms with E-state index in [0.717, 1.165) is 12.0 Å². The summed E-state index contributed by atoms with van der Waals surface area (Å²) >= 11 is 0. The van der Waals surface area contributed by atoms with Gasteiger partial charge in [0.15, 0.2) is 0 Å². The highest BCUT2D eigenvalue weighted by molar-refractivity contribution is 5.97. The molecule has 0 atom stereocenters. The van der Waals surface area contributed by atoms with Gasteiger partial charge in [0.2, 0.25) is 0 Å². The number of allylic oxidation sites excluding steroid dienone is 2. The summed E-state index contributed by atoms with van der Waals surface area (Å²) < 4.78 is 35.6. The molecule has 0 heterocycles. The van der Waals surface area contributed by atoms with Crippen molar-refractivity contribution in [1.29, 1.82) is 0 Å². The average molecular weight is 277 g/mol. The Hall–Kier alpha value is -1.53. The SMILES string of the molecule is CC1=C/C(=N\NC(=O)NCC(F)(F)F)CC(C)(C)C1. The molecule has 1 aliphatic carbocycles. The van der Waals surface area contributed by atoms with E-state index in [2.05, 4.69) is 24.4 Å². The molecule has 0 unspecified atom stereocenters. The van der Waals surface area contributed by atoms with Gasteiger partial charge >= 0.3 is 12.2 Å². The van der Waals surface area contributed by atoms with Crippen molar-refractivity contribution in [2.75, 3.05) is 6.54 Å². The van der Waals surface area contributed by atoms with Gasteiger partial charge in [0.25, 0.3) is 0 Å². The molecular weight excluding hydrogens is 259 g/mol. The topological polar surface area (TPSA) is 53.5 Å². The smallest absolute Gasteiger partial charge is 0.328 e. The van der Waals surface area contributed by atoms with Crippen LogP contribution in [0.15, 0.2) is 16.8 Å². The number of hydrogen-bond acceptors (Lipinski definition) is 2. The fourth-order valence-electron chi connectivity index (χ4n) is 2.11. The highest BCUT2D eigenvalue weighted by Crippen LogP contribution is 2.33. The van der Waals surface area contributed by atoms with Crippen molar-refractivity contribution in [3.8, 4) is 0 Å². The monoisotopic (exact) mass is 277 g/mol. The Bertz CT molecular complexity index is 411. The molecule has 1 rings (SSSR count). The Morgan fingerprint density at radius 3 is 2.58 bits per heavy atom. The Morgan fingerprint density at radius 2 is 2.05 bits per heavy atom. The summed E-state index contributed by atoms with van der Waals surface area (Å²) in [5, 5.41) is 5.53. The lowest BCUT2D eigenvalue weighted by Crippen LogP contribution is -2.39. The number of urea groups is 1. The summed E-state index contributed by atoms with van der Waals surface area (Å²) in [6, 6.07) is -0.959. The summed E-state index contributed by atoms with van der Waals surface area (Å²) in [6.45, 7) is 4.73. The van der Waals surface area contributed by atoms with Crippen molar-refractivity contribution in [3.05, 3.63) is 11.6 Å². The maximum Gasteiger partial charge on any atom is 0.405 e. The van der Waals surface area contributed by atoms with Gasteiger partial charge in [-0.2, -0.15) is 18.3 Å². The fraction of sp³-hybridized carbons (Fsp3) is 0.667. The number of halogens is 3. The van der Waals surface area contributed by atoms with Crippen molar-refractivity contribution in [1.82, 2.24) is 10.7 Å². The van der Waals surface area contributed by atoms with Crippen LogP contribution >= 0.6 is 0 Å². The first-order valence-electron chi connectivity index (χ1n) is 5.92. The molecule has 0 aromatic rings. The molecule has 0 radical (unpaired) electrons. The first-order valence-corrected chi connectivity index (χ1v) is 5.92. The molecule has 2 N–H and O–H groups in total. The second-order valence-corrected chi connectivity index (χ2v) is 5.52. The third kappa shape index (κ3) is 6.26. The summed E-state index contributed by atoms with van der Waals surface area (Å²) in [5.74, 6) is 0. The predicted molar refractivity (Wildman–Crippen MR) is 66.8 cm³/mol. The van der Waals surface area contributed by atoms with Crippen LogP contribution in [0, 0.1) is 5.41 Å². The van der Waals surface area contributed by atoms with Gasteiger partial charge in [-0.15, -0.1) is 0 Å². The molecule has 0 saturated heterocycles. The predicted octanol–water partition coefficient (Wildman–Crippen LogP) is 2.97. The van der Waals surface area contributed by atoms with Crippen LogP contribution in [0.1, 0.15) is 33.6 Å². The molecule has 19 heavy (non-hydrogen) atoms. The number of hydrazone groups is 1. The van der Waals surface area contributed by atoms with Crippen molar-refractivity contribution in [2.24, 2.45) is 10.5 Å². The lowest BCUT2D eigenvalue weighted by molar-refractivity contribution is -0.122. The molecule has 0 aliphatic heterocycles. The van der Waals surface area contributed by atoms with Crippen molar-refractivity contribution in [3.63, 3.8) is 0 Å². The molecule has 0 spiro atoms. The largest absolute Gasteiger partial charge is 0.405 e. The summed E-state index contributed by atoms with van der Waals surface area (Å²) in [5.41, 5.74) is 3.91. The van der Waals surface area contributed by atoms with Gasteiger partial charge in [0.1, 0.15) is 6.54 Å². The van der Waals surface area contributed by atoms with Gasteiger partial charge in [0.05, 0.1) is 5.71 Å². The Balaban J connectivity index is 2.52. The van der Waals surface area contributed by atoms with E-state index in [-0.39, 0.29) is 5.41 Å². The number of nitrogens with one attached hydrogen (secondary N) is 2. The van der Waals surface area contributed by atoms with Crippen LogP contribution in [0.25, 0.3) is 0 Å². The van der Waals surface area contributed by atoms with Crippen LogP contribution in [0.3, 0.4) is 0 Å². The molecule has 0 aromatic heterocycles. The molecule has 0 saturated carbocycles. The van der Waals surface area contributed by atoms with Crippen molar-refractivity contribution in [2.45, 2.75) is 39.8 Å². The second-order valence-electron chi connectivity index (χ2n) is 5.52. The van der Waals surface area contributed by atoms with E-state index < -0.39 is 18.8 Å². The number of carbonyl (C=O) groups is 1. The zero-order valence-electron chi connectivity index (χ0n) is 11.2. The minimum absolute atomic E-state index is 0.0434.